The minimum Gasteiger partial charge on any atom is -0.325 e. The van der Waals surface area contributed by atoms with E-state index in [2.05, 4.69) is 15.5 Å². The van der Waals surface area contributed by atoms with Crippen molar-refractivity contribution in [1.29, 1.82) is 0 Å². The Hall–Kier alpha value is -1.38. The highest BCUT2D eigenvalue weighted by Gasteiger charge is 2.12. The molecule has 0 fully saturated rings. The Morgan fingerprint density at radius 1 is 1.07 bits per heavy atom. The fourth-order valence-corrected chi connectivity index (χ4v) is 4.86. The molecule has 29 heavy (non-hydrogen) atoms. The van der Waals surface area contributed by atoms with Crippen molar-refractivity contribution in [2.45, 2.75) is 16.7 Å². The summed E-state index contributed by atoms with van der Waals surface area (Å²) in [5, 5.41) is 13.8. The number of carbonyl (C=O) groups excluding carboxylic acids is 1. The first kappa shape index (κ1) is 22.3. The Kier molecular flexibility index (Phi) is 8.15. The molecule has 1 heterocycles. The topological polar surface area (TPSA) is 59.8 Å². The van der Waals surface area contributed by atoms with Gasteiger partial charge in [-0.25, -0.2) is 0 Å². The molecular formula is C19H17Cl3N4OS2. The lowest BCUT2D eigenvalue weighted by molar-refractivity contribution is -0.113. The van der Waals surface area contributed by atoms with Gasteiger partial charge in [-0.3, -0.25) is 4.79 Å². The largest absolute Gasteiger partial charge is 0.325 e. The molecule has 0 bridgehead atoms. The van der Waals surface area contributed by atoms with Gasteiger partial charge in [0.25, 0.3) is 0 Å². The van der Waals surface area contributed by atoms with E-state index in [-0.39, 0.29) is 11.7 Å². The van der Waals surface area contributed by atoms with Crippen molar-refractivity contribution in [1.82, 2.24) is 14.8 Å². The first-order chi connectivity index (χ1) is 13.9. The van der Waals surface area contributed by atoms with Crippen LogP contribution in [0.5, 0.6) is 0 Å². The summed E-state index contributed by atoms with van der Waals surface area (Å²) in [5.74, 6) is 2.35. The van der Waals surface area contributed by atoms with Crippen LogP contribution in [0.15, 0.2) is 47.6 Å². The lowest BCUT2D eigenvalue weighted by Gasteiger charge is -2.07. The molecule has 0 unspecified atom stereocenters. The molecule has 0 aliphatic carbocycles. The van der Waals surface area contributed by atoms with E-state index in [0.717, 1.165) is 17.1 Å². The standard InChI is InChI=1S/C19H17Cl3N4OS2/c1-26-17(10-28-9-12-5-6-14(21)8-16(12)22)24-25-19(26)29-11-18(27)23-15-4-2-3-13(20)7-15/h2-8H,9-11H2,1H3,(H,23,27). The summed E-state index contributed by atoms with van der Waals surface area (Å²) in [5.41, 5.74) is 1.69. The van der Waals surface area contributed by atoms with Gasteiger partial charge < -0.3 is 9.88 Å². The predicted molar refractivity (Wildman–Crippen MR) is 123 cm³/mol. The van der Waals surface area contributed by atoms with Gasteiger partial charge in [0.05, 0.1) is 11.5 Å². The second-order valence-corrected chi connectivity index (χ2v) is 9.24. The molecule has 0 aliphatic heterocycles. The molecule has 5 nitrogen and oxygen atoms in total. The Balaban J connectivity index is 1.49. The summed E-state index contributed by atoms with van der Waals surface area (Å²) in [6.07, 6.45) is 0. The normalized spacial score (nSPS) is 10.9. The van der Waals surface area contributed by atoms with Crippen molar-refractivity contribution in [2.24, 2.45) is 7.05 Å². The molecule has 0 saturated heterocycles. The highest BCUT2D eigenvalue weighted by Crippen LogP contribution is 2.26. The number of nitrogens with one attached hydrogen (secondary N) is 1. The number of hydrogen-bond acceptors (Lipinski definition) is 5. The van der Waals surface area contributed by atoms with Gasteiger partial charge in [0.15, 0.2) is 5.16 Å². The van der Waals surface area contributed by atoms with Crippen LogP contribution in [0.4, 0.5) is 5.69 Å². The second-order valence-electron chi connectivity index (χ2n) is 6.03. The molecule has 0 radical (unpaired) electrons. The smallest absolute Gasteiger partial charge is 0.234 e. The fourth-order valence-electron chi connectivity index (χ4n) is 2.38. The van der Waals surface area contributed by atoms with Crippen LogP contribution in [0.2, 0.25) is 15.1 Å². The minimum atomic E-state index is -0.131. The van der Waals surface area contributed by atoms with E-state index < -0.39 is 0 Å². The van der Waals surface area contributed by atoms with Crippen LogP contribution >= 0.6 is 58.3 Å². The maximum atomic E-state index is 12.1. The maximum Gasteiger partial charge on any atom is 0.234 e. The predicted octanol–water partition coefficient (Wildman–Crippen LogP) is 5.94. The lowest BCUT2D eigenvalue weighted by atomic mass is 10.2. The number of rotatable bonds is 8. The maximum absolute atomic E-state index is 12.1. The zero-order valence-electron chi connectivity index (χ0n) is 15.4. The number of aromatic nitrogens is 3. The molecule has 10 heteroatoms. The van der Waals surface area contributed by atoms with E-state index >= 15 is 0 Å². The summed E-state index contributed by atoms with van der Waals surface area (Å²) in [6, 6.07) is 12.5. The van der Waals surface area contributed by atoms with Gasteiger partial charge in [0.1, 0.15) is 5.82 Å². The summed E-state index contributed by atoms with van der Waals surface area (Å²) in [4.78, 5) is 12.1. The zero-order chi connectivity index (χ0) is 20.8. The van der Waals surface area contributed by atoms with Gasteiger partial charge in [-0.05, 0) is 35.9 Å². The van der Waals surface area contributed by atoms with Crippen molar-refractivity contribution in [2.75, 3.05) is 11.1 Å². The average Bonchev–Trinajstić information content (AvgIpc) is 3.02. The summed E-state index contributed by atoms with van der Waals surface area (Å²) >= 11 is 21.1. The third kappa shape index (κ3) is 6.55. The number of amides is 1. The molecule has 0 atom stereocenters. The molecule has 0 saturated carbocycles. The van der Waals surface area contributed by atoms with Crippen LogP contribution < -0.4 is 5.32 Å². The SMILES string of the molecule is Cn1c(CSCc2ccc(Cl)cc2Cl)nnc1SCC(=O)Nc1cccc(Cl)c1. The van der Waals surface area contributed by atoms with Gasteiger partial charge in [0, 0.05) is 33.6 Å². The van der Waals surface area contributed by atoms with Crippen LogP contribution in [-0.4, -0.2) is 26.4 Å². The van der Waals surface area contributed by atoms with Crippen molar-refractivity contribution in [3.8, 4) is 0 Å². The zero-order valence-corrected chi connectivity index (χ0v) is 19.3. The Bertz CT molecular complexity index is 1010. The van der Waals surface area contributed by atoms with Crippen molar-refractivity contribution in [3.05, 3.63) is 68.9 Å². The molecule has 152 valence electrons. The van der Waals surface area contributed by atoms with Crippen LogP contribution in [0, 0.1) is 0 Å². The lowest BCUT2D eigenvalue weighted by Crippen LogP contribution is -2.14. The number of halogens is 3. The van der Waals surface area contributed by atoms with Gasteiger partial charge in [-0.2, -0.15) is 0 Å². The van der Waals surface area contributed by atoms with Gasteiger partial charge in [-0.1, -0.05) is 58.7 Å². The number of carbonyl (C=O) groups is 1. The minimum absolute atomic E-state index is 0.131. The van der Waals surface area contributed by atoms with E-state index in [1.807, 2.05) is 23.7 Å². The van der Waals surface area contributed by atoms with E-state index in [0.29, 0.717) is 31.7 Å². The van der Waals surface area contributed by atoms with Gasteiger partial charge in [-0.15, -0.1) is 22.0 Å². The molecular weight excluding hydrogens is 471 g/mol. The second kappa shape index (κ2) is 10.6. The number of thioether (sulfide) groups is 2. The summed E-state index contributed by atoms with van der Waals surface area (Å²) < 4.78 is 1.90. The third-order valence-corrected chi connectivity index (χ3v) is 6.69. The number of benzene rings is 2. The molecule has 1 N–H and O–H groups in total. The molecule has 2 aromatic carbocycles. The number of nitrogens with zero attached hydrogens (tertiary/aromatic N) is 3. The quantitative estimate of drug-likeness (QED) is 0.398. The van der Waals surface area contributed by atoms with Gasteiger partial charge in [0.2, 0.25) is 5.91 Å². The van der Waals surface area contributed by atoms with Crippen LogP contribution in [0.3, 0.4) is 0 Å². The first-order valence-corrected chi connectivity index (χ1v) is 11.8. The molecule has 1 aromatic heterocycles. The van der Waals surface area contributed by atoms with Crippen molar-refractivity contribution in [3.63, 3.8) is 0 Å². The van der Waals surface area contributed by atoms with Crippen LogP contribution in [-0.2, 0) is 23.3 Å². The number of hydrogen-bond donors (Lipinski definition) is 1. The molecule has 0 aliphatic rings. The highest BCUT2D eigenvalue weighted by molar-refractivity contribution is 7.99. The van der Waals surface area contributed by atoms with Crippen LogP contribution in [0.25, 0.3) is 0 Å². The van der Waals surface area contributed by atoms with E-state index in [9.17, 15) is 4.79 Å². The van der Waals surface area contributed by atoms with E-state index in [4.69, 9.17) is 34.8 Å². The Morgan fingerprint density at radius 3 is 2.62 bits per heavy atom. The van der Waals surface area contributed by atoms with E-state index in [1.165, 1.54) is 11.8 Å². The first-order valence-electron chi connectivity index (χ1n) is 8.50. The van der Waals surface area contributed by atoms with Crippen molar-refractivity contribution < 1.29 is 4.79 Å². The van der Waals surface area contributed by atoms with E-state index in [1.54, 1.807) is 42.1 Å². The third-order valence-electron chi connectivity index (χ3n) is 3.87. The van der Waals surface area contributed by atoms with Crippen molar-refractivity contribution >= 4 is 69.9 Å². The van der Waals surface area contributed by atoms with Gasteiger partial charge >= 0.3 is 0 Å². The molecule has 1 amide bonds. The number of anilines is 1. The molecule has 3 rings (SSSR count). The monoisotopic (exact) mass is 486 g/mol. The molecule has 3 aromatic rings. The summed E-state index contributed by atoms with van der Waals surface area (Å²) in [7, 11) is 1.89. The average molecular weight is 488 g/mol. The molecule has 0 spiro atoms. The Labute approximate surface area is 192 Å². The fraction of sp³-hybridized carbons (Fsp3) is 0.211. The van der Waals surface area contributed by atoms with Crippen LogP contribution in [0.1, 0.15) is 11.4 Å². The summed E-state index contributed by atoms with van der Waals surface area (Å²) in [6.45, 7) is 0. The highest BCUT2D eigenvalue weighted by atomic mass is 35.5. The Morgan fingerprint density at radius 2 is 1.86 bits per heavy atom.